The van der Waals surface area contributed by atoms with Gasteiger partial charge >= 0.3 is 0 Å². The van der Waals surface area contributed by atoms with E-state index in [1.165, 1.54) is 18.3 Å². The molecule has 1 aromatic rings. The van der Waals surface area contributed by atoms with Gasteiger partial charge in [-0.25, -0.2) is 17.2 Å². The molecule has 1 heterocycles. The van der Waals surface area contributed by atoms with Crippen molar-refractivity contribution in [2.24, 2.45) is 5.73 Å². The average Bonchev–Trinajstić information content (AvgIpc) is 2.37. The molecule has 108 valence electrons. The highest BCUT2D eigenvalue weighted by Crippen LogP contribution is 2.19. The van der Waals surface area contributed by atoms with E-state index in [-0.39, 0.29) is 17.1 Å². The molecule has 0 atom stereocenters. The van der Waals surface area contributed by atoms with E-state index in [0.29, 0.717) is 4.31 Å². The van der Waals surface area contributed by atoms with E-state index < -0.39 is 36.1 Å². The van der Waals surface area contributed by atoms with Gasteiger partial charge in [0.1, 0.15) is 4.90 Å². The van der Waals surface area contributed by atoms with Gasteiger partial charge in [0.15, 0.2) is 0 Å². The number of hydrogen-bond donors (Lipinski definition) is 2. The molecule has 1 aromatic heterocycles. The Morgan fingerprint density at radius 3 is 2.68 bits per heavy atom. The number of aliphatic hydroxyl groups excluding tert-OH is 1. The Bertz CT molecular complexity index is 510. The highest BCUT2D eigenvalue weighted by molar-refractivity contribution is 7.89. The van der Waals surface area contributed by atoms with Crippen molar-refractivity contribution in [1.29, 1.82) is 0 Å². The monoisotopic (exact) mass is 295 g/mol. The van der Waals surface area contributed by atoms with Crippen molar-refractivity contribution in [1.82, 2.24) is 9.29 Å². The van der Waals surface area contributed by atoms with Gasteiger partial charge in [0.05, 0.1) is 18.8 Å². The van der Waals surface area contributed by atoms with Crippen molar-refractivity contribution in [3.8, 4) is 0 Å². The number of rotatable bonds is 7. The number of sulfonamides is 1. The van der Waals surface area contributed by atoms with E-state index in [0.717, 1.165) is 0 Å². The summed E-state index contributed by atoms with van der Waals surface area (Å²) in [4.78, 5) is 3.59. The number of aliphatic hydroxyl groups is 1. The lowest BCUT2D eigenvalue weighted by molar-refractivity contribution is 0.113. The molecule has 0 bridgehead atoms. The molecule has 0 aromatic carbocycles. The number of alkyl halides is 2. The molecule has 1 rings (SSSR count). The van der Waals surface area contributed by atoms with Crippen LogP contribution in [0.4, 0.5) is 8.78 Å². The fourth-order valence-corrected chi connectivity index (χ4v) is 3.12. The quantitative estimate of drug-likeness (QED) is 0.725. The molecule has 0 saturated heterocycles. The smallest absolute Gasteiger partial charge is 0.252 e. The summed E-state index contributed by atoms with van der Waals surface area (Å²) in [6.45, 7) is -2.07. The minimum absolute atomic E-state index is 0.0970. The van der Waals surface area contributed by atoms with Crippen LogP contribution in [0.25, 0.3) is 0 Å². The van der Waals surface area contributed by atoms with E-state index in [1.807, 2.05) is 0 Å². The lowest BCUT2D eigenvalue weighted by Crippen LogP contribution is -2.37. The van der Waals surface area contributed by atoms with E-state index in [9.17, 15) is 17.2 Å². The lowest BCUT2D eigenvalue weighted by atomic mass is 10.3. The number of halogens is 2. The zero-order valence-electron chi connectivity index (χ0n) is 10.0. The third kappa shape index (κ3) is 3.90. The van der Waals surface area contributed by atoms with Crippen LogP contribution in [0.2, 0.25) is 0 Å². The molecule has 0 radical (unpaired) electrons. The average molecular weight is 295 g/mol. The summed E-state index contributed by atoms with van der Waals surface area (Å²) in [5.41, 5.74) is 5.48. The fourth-order valence-electron chi connectivity index (χ4n) is 1.53. The highest BCUT2D eigenvalue weighted by Gasteiger charge is 2.28. The van der Waals surface area contributed by atoms with Gasteiger partial charge in [0, 0.05) is 19.3 Å². The van der Waals surface area contributed by atoms with E-state index in [4.69, 9.17) is 10.8 Å². The lowest BCUT2D eigenvalue weighted by Gasteiger charge is -2.21. The number of pyridine rings is 1. The van der Waals surface area contributed by atoms with Gasteiger partial charge in [-0.15, -0.1) is 0 Å². The molecule has 0 saturated carbocycles. The number of aromatic nitrogens is 1. The molecule has 6 nitrogen and oxygen atoms in total. The summed E-state index contributed by atoms with van der Waals surface area (Å²) < 4.78 is 49.8. The largest absolute Gasteiger partial charge is 0.395 e. The standard InChI is InChI=1S/C10H15F2N3O3S/c11-10(12)7-15(4-5-16)19(17,18)9-2-1-3-14-8(9)6-13/h1-3,10,16H,4-7,13H2. The minimum Gasteiger partial charge on any atom is -0.395 e. The maximum atomic E-state index is 12.4. The Morgan fingerprint density at radius 1 is 1.47 bits per heavy atom. The molecule has 19 heavy (non-hydrogen) atoms. The molecular weight excluding hydrogens is 280 g/mol. The Balaban J connectivity index is 3.18. The summed E-state index contributed by atoms with van der Waals surface area (Å²) in [7, 11) is -4.15. The van der Waals surface area contributed by atoms with Gasteiger partial charge in [0.2, 0.25) is 10.0 Å². The molecule has 9 heteroatoms. The van der Waals surface area contributed by atoms with Crippen LogP contribution < -0.4 is 5.73 Å². The van der Waals surface area contributed by atoms with Crippen LogP contribution in [0.3, 0.4) is 0 Å². The topological polar surface area (TPSA) is 96.5 Å². The van der Waals surface area contributed by atoms with Crippen molar-refractivity contribution >= 4 is 10.0 Å². The second-order valence-electron chi connectivity index (χ2n) is 3.63. The van der Waals surface area contributed by atoms with Crippen LogP contribution >= 0.6 is 0 Å². The Kier molecular flexibility index (Phi) is 5.73. The van der Waals surface area contributed by atoms with Crippen LogP contribution in [0, 0.1) is 0 Å². The van der Waals surface area contributed by atoms with Crippen molar-refractivity contribution in [3.05, 3.63) is 24.0 Å². The zero-order valence-corrected chi connectivity index (χ0v) is 10.9. The van der Waals surface area contributed by atoms with Crippen LogP contribution in [0.15, 0.2) is 23.2 Å². The predicted molar refractivity (Wildman–Crippen MR) is 64.0 cm³/mol. The second-order valence-corrected chi connectivity index (χ2v) is 5.54. The van der Waals surface area contributed by atoms with Gasteiger partial charge in [-0.2, -0.15) is 4.31 Å². The molecule has 0 amide bonds. The zero-order chi connectivity index (χ0) is 14.5. The van der Waals surface area contributed by atoms with Crippen molar-refractivity contribution in [3.63, 3.8) is 0 Å². The number of hydrogen-bond acceptors (Lipinski definition) is 5. The third-order valence-corrected chi connectivity index (χ3v) is 4.29. The first-order chi connectivity index (χ1) is 8.93. The second kappa shape index (κ2) is 6.85. The maximum Gasteiger partial charge on any atom is 0.252 e. The Labute approximate surface area is 109 Å². The number of nitrogens with two attached hydrogens (primary N) is 1. The summed E-state index contributed by atoms with van der Waals surface area (Å²) in [6, 6.07) is 2.63. The Hall–Kier alpha value is -1.16. The van der Waals surface area contributed by atoms with Crippen LogP contribution in [0.1, 0.15) is 5.69 Å². The summed E-state index contributed by atoms with van der Waals surface area (Å²) in [5.74, 6) is 0. The molecule has 0 aliphatic rings. The van der Waals surface area contributed by atoms with Crippen LogP contribution in [-0.4, -0.2) is 48.9 Å². The molecule has 0 aliphatic carbocycles. The van der Waals surface area contributed by atoms with E-state index >= 15 is 0 Å². The molecule has 0 spiro atoms. The van der Waals surface area contributed by atoms with Crippen molar-refractivity contribution < 1.29 is 22.3 Å². The van der Waals surface area contributed by atoms with Gasteiger partial charge < -0.3 is 10.8 Å². The highest BCUT2D eigenvalue weighted by atomic mass is 32.2. The molecule has 3 N–H and O–H groups in total. The summed E-state index contributed by atoms with van der Waals surface area (Å²) >= 11 is 0. The van der Waals surface area contributed by atoms with Gasteiger partial charge in [-0.1, -0.05) is 0 Å². The van der Waals surface area contributed by atoms with Crippen molar-refractivity contribution in [2.75, 3.05) is 19.7 Å². The summed E-state index contributed by atoms with van der Waals surface area (Å²) in [6.07, 6.45) is -1.47. The molecular formula is C10H15F2N3O3S. The minimum atomic E-state index is -4.15. The first-order valence-corrected chi connectivity index (χ1v) is 6.90. The molecule has 0 fully saturated rings. The van der Waals surface area contributed by atoms with E-state index in [1.54, 1.807) is 0 Å². The maximum absolute atomic E-state index is 12.4. The first kappa shape index (κ1) is 15.9. The van der Waals surface area contributed by atoms with Crippen LogP contribution in [0.5, 0.6) is 0 Å². The third-order valence-electron chi connectivity index (χ3n) is 2.35. The normalized spacial score (nSPS) is 12.3. The summed E-state index contributed by atoms with van der Waals surface area (Å²) in [5, 5.41) is 8.79. The SMILES string of the molecule is NCc1ncccc1S(=O)(=O)N(CCO)CC(F)F. The van der Waals surface area contributed by atoms with Gasteiger partial charge in [-0.05, 0) is 12.1 Å². The van der Waals surface area contributed by atoms with Gasteiger partial charge in [0.25, 0.3) is 6.43 Å². The molecule has 0 unspecified atom stereocenters. The van der Waals surface area contributed by atoms with Crippen LogP contribution in [-0.2, 0) is 16.6 Å². The Morgan fingerprint density at radius 2 is 2.16 bits per heavy atom. The fraction of sp³-hybridized carbons (Fsp3) is 0.500. The molecule has 0 aliphatic heterocycles. The number of nitrogens with zero attached hydrogens (tertiary/aromatic N) is 2. The predicted octanol–water partition coefficient (Wildman–Crippen LogP) is -0.212. The van der Waals surface area contributed by atoms with E-state index in [2.05, 4.69) is 4.98 Å². The first-order valence-electron chi connectivity index (χ1n) is 5.46. The van der Waals surface area contributed by atoms with Gasteiger partial charge in [-0.3, -0.25) is 4.98 Å². The van der Waals surface area contributed by atoms with Crippen molar-refractivity contribution in [2.45, 2.75) is 17.9 Å².